The summed E-state index contributed by atoms with van der Waals surface area (Å²) in [5, 5.41) is 11.7. The molecular formula is C20H19N3O3S. The third-order valence-corrected chi connectivity index (χ3v) is 5.08. The predicted octanol–water partition coefficient (Wildman–Crippen LogP) is 4.74. The number of ketones is 1. The number of anilines is 1. The van der Waals surface area contributed by atoms with Crippen molar-refractivity contribution < 1.29 is 9.72 Å². The van der Waals surface area contributed by atoms with Gasteiger partial charge in [-0.05, 0) is 49.9 Å². The van der Waals surface area contributed by atoms with Gasteiger partial charge in [0.1, 0.15) is 6.04 Å². The monoisotopic (exact) mass is 381 g/mol. The van der Waals surface area contributed by atoms with Crippen LogP contribution in [0.5, 0.6) is 0 Å². The minimum absolute atomic E-state index is 0.0135. The lowest BCUT2D eigenvalue weighted by Crippen LogP contribution is -2.34. The first kappa shape index (κ1) is 18.8. The number of thioether (sulfide) groups is 1. The number of hydrogen-bond acceptors (Lipinski definition) is 6. The quantitative estimate of drug-likeness (QED) is 0.565. The number of aliphatic imine (C=N–C) groups is 1. The number of allylic oxidation sites excluding steroid dienone is 1. The fourth-order valence-corrected chi connectivity index (χ4v) is 3.82. The summed E-state index contributed by atoms with van der Waals surface area (Å²) in [5.41, 5.74) is 3.11. The molecule has 2 aromatic rings. The topological polar surface area (TPSA) is 75.8 Å². The van der Waals surface area contributed by atoms with Crippen LogP contribution in [-0.4, -0.2) is 22.1 Å². The highest BCUT2D eigenvalue weighted by Gasteiger charge is 2.32. The Morgan fingerprint density at radius 2 is 1.78 bits per heavy atom. The predicted molar refractivity (Wildman–Crippen MR) is 109 cm³/mol. The van der Waals surface area contributed by atoms with Crippen LogP contribution in [-0.2, 0) is 4.79 Å². The molecule has 0 fully saturated rings. The van der Waals surface area contributed by atoms with Crippen LogP contribution in [0.4, 0.5) is 11.4 Å². The molecule has 3 rings (SSSR count). The van der Waals surface area contributed by atoms with E-state index in [0.29, 0.717) is 5.57 Å². The van der Waals surface area contributed by atoms with E-state index in [2.05, 4.69) is 0 Å². The Bertz CT molecular complexity index is 937. The molecule has 6 nitrogen and oxygen atoms in total. The standard InChI is InChI=1S/C20H19N3O3S/c1-13-18(14(2)24)19(15-9-11-17(12-10-15)23(25)26)21-20(27-3)22(13)16-7-5-4-6-8-16/h4-12,19H,1-3H3/t19-/m0/s1. The molecule has 1 aliphatic rings. The molecule has 0 aromatic heterocycles. The molecule has 1 aliphatic heterocycles. The lowest BCUT2D eigenvalue weighted by Gasteiger charge is -2.34. The van der Waals surface area contributed by atoms with E-state index in [1.54, 1.807) is 12.1 Å². The average molecular weight is 381 g/mol. The molecule has 1 atom stereocenters. The Hall–Kier alpha value is -2.93. The number of rotatable bonds is 4. The fourth-order valence-electron chi connectivity index (χ4n) is 3.19. The first-order valence-electron chi connectivity index (χ1n) is 8.37. The van der Waals surface area contributed by atoms with Crippen molar-refractivity contribution in [3.8, 4) is 0 Å². The second kappa shape index (κ2) is 7.75. The zero-order chi connectivity index (χ0) is 19.6. The van der Waals surface area contributed by atoms with Crippen molar-refractivity contribution in [1.82, 2.24) is 0 Å². The van der Waals surface area contributed by atoms with Crippen LogP contribution in [0.2, 0.25) is 0 Å². The number of benzene rings is 2. The second-order valence-electron chi connectivity index (χ2n) is 6.09. The Morgan fingerprint density at radius 1 is 1.15 bits per heavy atom. The van der Waals surface area contributed by atoms with E-state index in [-0.39, 0.29) is 11.5 Å². The zero-order valence-corrected chi connectivity index (χ0v) is 16.1. The van der Waals surface area contributed by atoms with Gasteiger partial charge in [-0.15, -0.1) is 0 Å². The molecule has 0 unspecified atom stereocenters. The number of nitro groups is 1. The van der Waals surface area contributed by atoms with Gasteiger partial charge in [-0.2, -0.15) is 0 Å². The van der Waals surface area contributed by atoms with E-state index in [0.717, 1.165) is 22.1 Å². The van der Waals surface area contributed by atoms with Gasteiger partial charge in [0.05, 0.1) is 4.92 Å². The second-order valence-corrected chi connectivity index (χ2v) is 6.87. The maximum absolute atomic E-state index is 12.5. The van der Waals surface area contributed by atoms with Gasteiger partial charge >= 0.3 is 0 Å². The van der Waals surface area contributed by atoms with E-state index >= 15 is 0 Å². The molecule has 0 radical (unpaired) electrons. The number of nitrogens with zero attached hydrogens (tertiary/aromatic N) is 3. The number of amidine groups is 1. The van der Waals surface area contributed by atoms with Crippen molar-refractivity contribution in [2.45, 2.75) is 19.9 Å². The van der Waals surface area contributed by atoms with Crippen LogP contribution in [0.1, 0.15) is 25.5 Å². The van der Waals surface area contributed by atoms with Crippen LogP contribution in [0.25, 0.3) is 0 Å². The molecule has 138 valence electrons. The largest absolute Gasteiger partial charge is 0.295 e. The van der Waals surface area contributed by atoms with Gasteiger partial charge in [0.25, 0.3) is 5.69 Å². The van der Waals surface area contributed by atoms with Crippen LogP contribution in [0.15, 0.2) is 70.9 Å². The summed E-state index contributed by atoms with van der Waals surface area (Å²) < 4.78 is 0. The normalized spacial score (nSPS) is 16.9. The molecule has 0 aliphatic carbocycles. The number of non-ortho nitro benzene ring substituents is 1. The van der Waals surface area contributed by atoms with Crippen molar-refractivity contribution in [2.75, 3.05) is 11.2 Å². The van der Waals surface area contributed by atoms with Crippen molar-refractivity contribution in [2.24, 2.45) is 4.99 Å². The van der Waals surface area contributed by atoms with Crippen molar-refractivity contribution >= 4 is 34.1 Å². The third-order valence-electron chi connectivity index (χ3n) is 4.43. The number of carbonyl (C=O) groups excluding carboxylic acids is 1. The van der Waals surface area contributed by atoms with Crippen molar-refractivity contribution in [3.63, 3.8) is 0 Å². The third kappa shape index (κ3) is 3.64. The molecule has 0 N–H and O–H groups in total. The van der Waals surface area contributed by atoms with E-state index in [9.17, 15) is 14.9 Å². The molecule has 0 saturated heterocycles. The van der Waals surface area contributed by atoms with Crippen molar-refractivity contribution in [3.05, 3.63) is 81.5 Å². The number of Topliss-reactive ketones (excluding diaryl/α,β-unsaturated/α-hetero) is 1. The Kier molecular flexibility index (Phi) is 5.41. The summed E-state index contributed by atoms with van der Waals surface area (Å²) in [7, 11) is 0. The molecule has 0 spiro atoms. The van der Waals surface area contributed by atoms with Crippen LogP contribution >= 0.6 is 11.8 Å². The van der Waals surface area contributed by atoms with Gasteiger partial charge < -0.3 is 0 Å². The van der Waals surface area contributed by atoms with Crippen LogP contribution in [0, 0.1) is 10.1 Å². The molecule has 1 heterocycles. The highest BCUT2D eigenvalue weighted by Crippen LogP contribution is 2.38. The maximum Gasteiger partial charge on any atom is 0.269 e. The van der Waals surface area contributed by atoms with E-state index in [4.69, 9.17) is 4.99 Å². The highest BCUT2D eigenvalue weighted by molar-refractivity contribution is 8.13. The summed E-state index contributed by atoms with van der Waals surface area (Å²) in [6, 6.07) is 15.5. The van der Waals surface area contributed by atoms with Gasteiger partial charge in [0.2, 0.25) is 0 Å². The highest BCUT2D eigenvalue weighted by atomic mass is 32.2. The molecular weight excluding hydrogens is 362 g/mol. The van der Waals surface area contributed by atoms with Gasteiger partial charge in [-0.1, -0.05) is 30.0 Å². The summed E-state index contributed by atoms with van der Waals surface area (Å²) in [5.74, 6) is -0.0688. The van der Waals surface area contributed by atoms with E-state index < -0.39 is 11.0 Å². The van der Waals surface area contributed by atoms with Gasteiger partial charge in [-0.3, -0.25) is 19.8 Å². The summed E-state index contributed by atoms with van der Waals surface area (Å²) in [6.45, 7) is 3.44. The van der Waals surface area contributed by atoms with Crippen LogP contribution in [0.3, 0.4) is 0 Å². The molecule has 0 amide bonds. The summed E-state index contributed by atoms with van der Waals surface area (Å²) >= 11 is 1.49. The molecule has 7 heteroatoms. The Morgan fingerprint density at radius 3 is 2.30 bits per heavy atom. The molecule has 27 heavy (non-hydrogen) atoms. The summed E-state index contributed by atoms with van der Waals surface area (Å²) in [4.78, 5) is 29.7. The molecule has 0 bridgehead atoms. The number of carbonyl (C=O) groups is 1. The SMILES string of the molecule is CSC1=N[C@@H](c2ccc([N+](=O)[O-])cc2)C(C(C)=O)=C(C)N1c1ccccc1. The Labute approximate surface area is 161 Å². The van der Waals surface area contributed by atoms with Gasteiger partial charge in [0, 0.05) is 29.1 Å². The minimum Gasteiger partial charge on any atom is -0.295 e. The fraction of sp³-hybridized carbons (Fsp3) is 0.200. The van der Waals surface area contributed by atoms with Gasteiger partial charge in [0.15, 0.2) is 11.0 Å². The van der Waals surface area contributed by atoms with E-state index in [1.165, 1.54) is 30.8 Å². The number of hydrogen-bond donors (Lipinski definition) is 0. The minimum atomic E-state index is -0.481. The summed E-state index contributed by atoms with van der Waals surface area (Å²) in [6.07, 6.45) is 1.94. The molecule has 2 aromatic carbocycles. The lowest BCUT2D eigenvalue weighted by atomic mass is 9.93. The maximum atomic E-state index is 12.5. The Balaban J connectivity index is 2.12. The molecule has 0 saturated carbocycles. The zero-order valence-electron chi connectivity index (χ0n) is 15.2. The van der Waals surface area contributed by atoms with Crippen LogP contribution < -0.4 is 4.90 Å². The number of nitro benzene ring substituents is 1. The lowest BCUT2D eigenvalue weighted by molar-refractivity contribution is -0.384. The average Bonchev–Trinajstić information content (AvgIpc) is 2.67. The first-order chi connectivity index (χ1) is 12.9. The van der Waals surface area contributed by atoms with Crippen molar-refractivity contribution in [1.29, 1.82) is 0 Å². The first-order valence-corrected chi connectivity index (χ1v) is 9.59. The van der Waals surface area contributed by atoms with E-state index in [1.807, 2.05) is 48.4 Å². The smallest absolute Gasteiger partial charge is 0.269 e. The van der Waals surface area contributed by atoms with Gasteiger partial charge in [-0.25, -0.2) is 4.99 Å². The number of para-hydroxylation sites is 1.